The molecule has 2 aromatic rings. The molecule has 0 amide bonds. The lowest BCUT2D eigenvalue weighted by molar-refractivity contribution is 0.495. The van der Waals surface area contributed by atoms with E-state index in [2.05, 4.69) is 55.1 Å². The highest BCUT2D eigenvalue weighted by Gasteiger charge is 2.34. The van der Waals surface area contributed by atoms with Gasteiger partial charge in [-0.25, -0.2) is 0 Å². The minimum atomic E-state index is -0.391. The van der Waals surface area contributed by atoms with E-state index in [9.17, 15) is 0 Å². The van der Waals surface area contributed by atoms with Crippen LogP contribution in [-0.2, 0) is 18.4 Å². The van der Waals surface area contributed by atoms with E-state index in [1.807, 2.05) is 6.08 Å². The molecule has 0 fully saturated rings. The summed E-state index contributed by atoms with van der Waals surface area (Å²) in [6.45, 7) is 3.86. The van der Waals surface area contributed by atoms with Crippen molar-refractivity contribution in [3.8, 4) is 0 Å². The van der Waals surface area contributed by atoms with Crippen LogP contribution < -0.4 is 5.73 Å². The predicted molar refractivity (Wildman–Crippen MR) is 91.9 cm³/mol. The van der Waals surface area contributed by atoms with Gasteiger partial charge in [-0.3, -0.25) is 0 Å². The van der Waals surface area contributed by atoms with E-state index >= 15 is 0 Å². The normalized spacial score (nSPS) is 15.1. The second-order valence-corrected chi connectivity index (χ2v) is 5.61. The van der Waals surface area contributed by atoms with Crippen molar-refractivity contribution in [2.75, 3.05) is 0 Å². The maximum atomic E-state index is 6.92. The van der Waals surface area contributed by atoms with Crippen LogP contribution in [0.2, 0.25) is 0 Å². The summed E-state index contributed by atoms with van der Waals surface area (Å²) in [5.74, 6) is 0. The number of nitrogens with two attached hydrogens (primary N) is 1. The van der Waals surface area contributed by atoms with Crippen molar-refractivity contribution in [3.63, 3.8) is 0 Å². The number of fused-ring (bicyclic) bond motifs is 2. The van der Waals surface area contributed by atoms with E-state index in [0.29, 0.717) is 0 Å². The van der Waals surface area contributed by atoms with Gasteiger partial charge in [0.1, 0.15) is 0 Å². The average Bonchev–Trinajstić information content (AvgIpc) is 2.62. The van der Waals surface area contributed by atoms with Crippen LogP contribution in [0.1, 0.15) is 35.1 Å². The van der Waals surface area contributed by atoms with Crippen molar-refractivity contribution in [2.24, 2.45) is 5.73 Å². The molecule has 0 aromatic heterocycles. The van der Waals surface area contributed by atoms with Crippen LogP contribution in [0.15, 0.2) is 61.2 Å². The van der Waals surface area contributed by atoms with E-state index in [1.165, 1.54) is 22.3 Å². The summed E-state index contributed by atoms with van der Waals surface area (Å²) in [7, 11) is 0. The fourth-order valence-electron chi connectivity index (χ4n) is 3.36. The van der Waals surface area contributed by atoms with Crippen molar-refractivity contribution < 1.29 is 0 Å². The van der Waals surface area contributed by atoms with Gasteiger partial charge in [0.15, 0.2) is 0 Å². The van der Waals surface area contributed by atoms with Gasteiger partial charge in [-0.2, -0.15) is 0 Å². The SMILES string of the molecule is C=CCCC1(N)c2ccccc2CCc2ccccc21.Cl. The Morgan fingerprint density at radius 3 is 1.90 bits per heavy atom. The summed E-state index contributed by atoms with van der Waals surface area (Å²) < 4.78 is 0. The third kappa shape index (κ3) is 2.76. The number of rotatable bonds is 3. The van der Waals surface area contributed by atoms with Crippen LogP contribution in [0.3, 0.4) is 0 Å². The minimum absolute atomic E-state index is 0. The lowest BCUT2D eigenvalue weighted by atomic mass is 9.78. The zero-order valence-electron chi connectivity index (χ0n) is 12.2. The molecule has 1 aliphatic rings. The molecule has 0 unspecified atom stereocenters. The number of halogens is 1. The van der Waals surface area contributed by atoms with E-state index in [0.717, 1.165) is 25.7 Å². The van der Waals surface area contributed by atoms with Gasteiger partial charge in [0.05, 0.1) is 5.54 Å². The molecule has 0 bridgehead atoms. The summed E-state index contributed by atoms with van der Waals surface area (Å²) in [5, 5.41) is 0. The molecule has 2 aromatic carbocycles. The van der Waals surface area contributed by atoms with Crippen LogP contribution >= 0.6 is 12.4 Å². The van der Waals surface area contributed by atoms with Crippen LogP contribution in [0.4, 0.5) is 0 Å². The molecule has 2 heteroatoms. The Hall–Kier alpha value is -1.57. The Balaban J connectivity index is 0.00000161. The summed E-state index contributed by atoms with van der Waals surface area (Å²) in [4.78, 5) is 0. The van der Waals surface area contributed by atoms with Crippen molar-refractivity contribution in [3.05, 3.63) is 83.4 Å². The van der Waals surface area contributed by atoms with Gasteiger partial charge in [0.25, 0.3) is 0 Å². The quantitative estimate of drug-likeness (QED) is 0.837. The van der Waals surface area contributed by atoms with Gasteiger partial charge in [0, 0.05) is 0 Å². The molecule has 21 heavy (non-hydrogen) atoms. The highest BCUT2D eigenvalue weighted by atomic mass is 35.5. The molecule has 2 N–H and O–H groups in total. The summed E-state index contributed by atoms with van der Waals surface area (Å²) in [6.07, 6.45) is 5.94. The van der Waals surface area contributed by atoms with E-state index in [1.54, 1.807) is 0 Å². The molecular weight excluding hydrogens is 278 g/mol. The van der Waals surface area contributed by atoms with Crippen LogP contribution in [-0.4, -0.2) is 0 Å². The molecule has 0 aliphatic heterocycles. The van der Waals surface area contributed by atoms with E-state index in [-0.39, 0.29) is 12.4 Å². The van der Waals surface area contributed by atoms with Gasteiger partial charge in [-0.1, -0.05) is 54.6 Å². The summed E-state index contributed by atoms with van der Waals surface area (Å²) >= 11 is 0. The lowest BCUT2D eigenvalue weighted by Gasteiger charge is -2.32. The number of benzene rings is 2. The predicted octanol–water partition coefficient (Wildman–Crippen LogP) is 4.38. The molecule has 0 radical (unpaired) electrons. The second-order valence-electron chi connectivity index (χ2n) is 5.61. The van der Waals surface area contributed by atoms with Gasteiger partial charge in [-0.05, 0) is 47.9 Å². The standard InChI is InChI=1S/C19H21N.ClH/c1-2-3-14-19(20)17-10-6-4-8-15(17)12-13-16-9-5-7-11-18(16)19;/h2,4-11H,1,3,12-14,20H2;1H. The van der Waals surface area contributed by atoms with Crippen LogP contribution in [0.5, 0.6) is 0 Å². The first-order valence-corrected chi connectivity index (χ1v) is 7.32. The minimum Gasteiger partial charge on any atom is -0.318 e. The number of allylic oxidation sites excluding steroid dienone is 1. The highest BCUT2D eigenvalue weighted by Crippen LogP contribution is 2.38. The van der Waals surface area contributed by atoms with Gasteiger partial charge >= 0.3 is 0 Å². The van der Waals surface area contributed by atoms with Gasteiger partial charge in [0.2, 0.25) is 0 Å². The van der Waals surface area contributed by atoms with E-state index in [4.69, 9.17) is 5.73 Å². The first-order chi connectivity index (χ1) is 9.75. The smallest absolute Gasteiger partial charge is 0.0673 e. The number of hydrogen-bond acceptors (Lipinski definition) is 1. The molecular formula is C19H22ClN. The largest absolute Gasteiger partial charge is 0.318 e. The van der Waals surface area contributed by atoms with Crippen molar-refractivity contribution in [2.45, 2.75) is 31.2 Å². The molecule has 1 nitrogen and oxygen atoms in total. The molecule has 110 valence electrons. The molecule has 1 aliphatic carbocycles. The Morgan fingerprint density at radius 1 is 0.952 bits per heavy atom. The number of hydrogen-bond donors (Lipinski definition) is 1. The molecule has 0 heterocycles. The average molecular weight is 300 g/mol. The zero-order valence-corrected chi connectivity index (χ0v) is 13.0. The van der Waals surface area contributed by atoms with Crippen molar-refractivity contribution >= 4 is 12.4 Å². The topological polar surface area (TPSA) is 26.0 Å². The second kappa shape index (κ2) is 6.46. The fourth-order valence-corrected chi connectivity index (χ4v) is 3.36. The fraction of sp³-hybridized carbons (Fsp3) is 0.263. The zero-order chi connectivity index (χ0) is 14.0. The summed E-state index contributed by atoms with van der Waals surface area (Å²) in [6, 6.07) is 17.3. The molecule has 0 atom stereocenters. The van der Waals surface area contributed by atoms with Crippen molar-refractivity contribution in [1.29, 1.82) is 0 Å². The monoisotopic (exact) mass is 299 g/mol. The maximum absolute atomic E-state index is 6.92. The molecule has 0 saturated heterocycles. The molecule has 3 rings (SSSR count). The lowest BCUT2D eigenvalue weighted by Crippen LogP contribution is -2.38. The highest BCUT2D eigenvalue weighted by molar-refractivity contribution is 5.85. The molecule has 0 spiro atoms. The Bertz CT molecular complexity index is 585. The van der Waals surface area contributed by atoms with Crippen LogP contribution in [0, 0.1) is 0 Å². The Morgan fingerprint density at radius 2 is 1.43 bits per heavy atom. The Labute approximate surface area is 133 Å². The Kier molecular flexibility index (Phi) is 4.87. The third-order valence-electron chi connectivity index (χ3n) is 4.40. The van der Waals surface area contributed by atoms with E-state index < -0.39 is 5.54 Å². The van der Waals surface area contributed by atoms with Gasteiger partial charge in [-0.15, -0.1) is 19.0 Å². The first-order valence-electron chi connectivity index (χ1n) is 7.32. The maximum Gasteiger partial charge on any atom is 0.0673 e. The number of aryl methyl sites for hydroxylation is 2. The van der Waals surface area contributed by atoms with Crippen molar-refractivity contribution in [1.82, 2.24) is 0 Å². The molecule has 0 saturated carbocycles. The first kappa shape index (κ1) is 15.8. The third-order valence-corrected chi connectivity index (χ3v) is 4.40. The van der Waals surface area contributed by atoms with Gasteiger partial charge < -0.3 is 5.73 Å². The van der Waals surface area contributed by atoms with Crippen LogP contribution in [0.25, 0.3) is 0 Å². The summed E-state index contributed by atoms with van der Waals surface area (Å²) in [5.41, 5.74) is 11.9.